The number of nitrogens with zero attached hydrogens (tertiary/aromatic N) is 1. The topological polar surface area (TPSA) is 55.1 Å². The number of amides is 1. The number of halogens is 1. The van der Waals surface area contributed by atoms with Crippen LogP contribution in [0, 0.1) is 0 Å². The summed E-state index contributed by atoms with van der Waals surface area (Å²) in [6, 6.07) is 14.5. The van der Waals surface area contributed by atoms with Crippen molar-refractivity contribution < 1.29 is 9.21 Å². The fourth-order valence-electron chi connectivity index (χ4n) is 2.38. The van der Waals surface area contributed by atoms with Crippen molar-refractivity contribution >= 4 is 45.5 Å². The van der Waals surface area contributed by atoms with Gasteiger partial charge in [0.15, 0.2) is 5.76 Å². The van der Waals surface area contributed by atoms with Gasteiger partial charge in [0.25, 0.3) is 5.91 Å². The smallest absolute Gasteiger partial charge is 0.291 e. The quantitative estimate of drug-likeness (QED) is 0.531. The Morgan fingerprint density at radius 2 is 1.96 bits per heavy atom. The number of aromatic nitrogens is 1. The Hall–Kier alpha value is -2.63. The summed E-state index contributed by atoms with van der Waals surface area (Å²) in [6.07, 6.45) is 1.77. The summed E-state index contributed by atoms with van der Waals surface area (Å²) >= 11 is 7.52. The van der Waals surface area contributed by atoms with Crippen molar-refractivity contribution in [2.45, 2.75) is 0 Å². The van der Waals surface area contributed by atoms with Gasteiger partial charge in [-0.25, -0.2) is 4.98 Å². The van der Waals surface area contributed by atoms with E-state index in [-0.39, 0.29) is 11.7 Å². The van der Waals surface area contributed by atoms with E-state index in [4.69, 9.17) is 16.0 Å². The Balaban J connectivity index is 1.54. The summed E-state index contributed by atoms with van der Waals surface area (Å²) in [4.78, 5) is 16.6. The van der Waals surface area contributed by atoms with Crippen LogP contribution in [0.25, 0.3) is 21.5 Å². The van der Waals surface area contributed by atoms with E-state index in [2.05, 4.69) is 10.3 Å². The predicted molar refractivity (Wildman–Crippen MR) is 96.7 cm³/mol. The number of hydrogen-bond acceptors (Lipinski definition) is 4. The molecule has 1 amide bonds. The lowest BCUT2D eigenvalue weighted by atomic mass is 10.2. The summed E-state index contributed by atoms with van der Waals surface area (Å²) in [5.41, 5.74) is 2.34. The zero-order valence-corrected chi connectivity index (χ0v) is 13.9. The second-order valence-electron chi connectivity index (χ2n) is 5.16. The normalized spacial score (nSPS) is 10.9. The van der Waals surface area contributed by atoms with E-state index in [9.17, 15) is 4.79 Å². The molecule has 0 fully saturated rings. The van der Waals surface area contributed by atoms with Gasteiger partial charge < -0.3 is 9.73 Å². The van der Waals surface area contributed by atoms with E-state index in [1.54, 1.807) is 41.8 Å². The summed E-state index contributed by atoms with van der Waals surface area (Å²) in [5, 5.41) is 7.10. The molecule has 2 aromatic carbocycles. The molecule has 2 heterocycles. The first kappa shape index (κ1) is 14.9. The number of thiazole rings is 1. The van der Waals surface area contributed by atoms with Gasteiger partial charge in [0, 0.05) is 33.2 Å². The standard InChI is InChI=1S/C18H11ClN2O2S/c19-13-3-6-15-12(9-13)10-16(23-15)17(22)21-14-4-1-11(2-5-14)18-20-7-8-24-18/h1-10H,(H,21,22). The highest BCUT2D eigenvalue weighted by Gasteiger charge is 2.13. The van der Waals surface area contributed by atoms with Crippen molar-refractivity contribution in [2.75, 3.05) is 5.32 Å². The van der Waals surface area contributed by atoms with Crippen LogP contribution in [-0.4, -0.2) is 10.9 Å². The van der Waals surface area contributed by atoms with E-state index in [0.717, 1.165) is 16.0 Å². The Morgan fingerprint density at radius 1 is 1.12 bits per heavy atom. The number of benzene rings is 2. The molecule has 4 nitrogen and oxygen atoms in total. The van der Waals surface area contributed by atoms with Crippen molar-refractivity contribution in [3.8, 4) is 10.6 Å². The molecule has 2 aromatic heterocycles. The molecule has 1 N–H and O–H groups in total. The maximum Gasteiger partial charge on any atom is 0.291 e. The molecule has 0 aliphatic rings. The van der Waals surface area contributed by atoms with E-state index in [0.29, 0.717) is 16.3 Å². The molecule has 0 aliphatic carbocycles. The Bertz CT molecular complexity index is 1010. The van der Waals surface area contributed by atoms with Crippen LogP contribution < -0.4 is 5.32 Å². The molecule has 4 rings (SSSR count). The maximum absolute atomic E-state index is 12.3. The van der Waals surface area contributed by atoms with Crippen molar-refractivity contribution in [3.05, 3.63) is 70.9 Å². The number of fused-ring (bicyclic) bond motifs is 1. The van der Waals surface area contributed by atoms with Crippen molar-refractivity contribution in [3.63, 3.8) is 0 Å². The van der Waals surface area contributed by atoms with Gasteiger partial charge >= 0.3 is 0 Å². The zero-order valence-electron chi connectivity index (χ0n) is 12.3. The molecule has 0 unspecified atom stereocenters. The molecule has 6 heteroatoms. The van der Waals surface area contributed by atoms with E-state index in [1.165, 1.54) is 0 Å². The fraction of sp³-hybridized carbons (Fsp3) is 0. The van der Waals surface area contributed by atoms with Crippen LogP contribution >= 0.6 is 22.9 Å². The highest BCUT2D eigenvalue weighted by Crippen LogP contribution is 2.25. The van der Waals surface area contributed by atoms with E-state index in [1.807, 2.05) is 29.6 Å². The first-order valence-electron chi connectivity index (χ1n) is 7.19. The first-order chi connectivity index (χ1) is 11.7. The Kier molecular flexibility index (Phi) is 3.80. The number of carbonyl (C=O) groups excluding carboxylic acids is 1. The van der Waals surface area contributed by atoms with Gasteiger partial charge in [0.2, 0.25) is 0 Å². The van der Waals surface area contributed by atoms with Crippen LogP contribution in [0.1, 0.15) is 10.6 Å². The van der Waals surface area contributed by atoms with Crippen LogP contribution in [0.15, 0.2) is 64.5 Å². The highest BCUT2D eigenvalue weighted by atomic mass is 35.5. The molecule has 0 spiro atoms. The Labute approximate surface area is 146 Å². The number of rotatable bonds is 3. The van der Waals surface area contributed by atoms with E-state index < -0.39 is 0 Å². The van der Waals surface area contributed by atoms with Crippen LogP contribution in [0.2, 0.25) is 5.02 Å². The molecular formula is C18H11ClN2O2S. The van der Waals surface area contributed by atoms with Crippen molar-refractivity contribution in [2.24, 2.45) is 0 Å². The third kappa shape index (κ3) is 2.91. The van der Waals surface area contributed by atoms with E-state index >= 15 is 0 Å². The largest absolute Gasteiger partial charge is 0.451 e. The molecular weight excluding hydrogens is 344 g/mol. The molecule has 0 aliphatic heterocycles. The Morgan fingerprint density at radius 3 is 2.71 bits per heavy atom. The third-order valence-corrected chi connectivity index (χ3v) is 4.58. The van der Waals surface area contributed by atoms with Gasteiger partial charge in [-0.1, -0.05) is 11.6 Å². The average molecular weight is 355 g/mol. The van der Waals surface area contributed by atoms with Gasteiger partial charge in [0.1, 0.15) is 10.6 Å². The second kappa shape index (κ2) is 6.11. The van der Waals surface area contributed by atoms with Crippen LogP contribution in [0.4, 0.5) is 5.69 Å². The molecule has 0 bridgehead atoms. The fourth-order valence-corrected chi connectivity index (χ4v) is 3.21. The van der Waals surface area contributed by atoms with Gasteiger partial charge in [-0.15, -0.1) is 11.3 Å². The predicted octanol–water partition coefficient (Wildman–Crippen LogP) is 5.46. The SMILES string of the molecule is O=C(Nc1ccc(-c2nccs2)cc1)c1cc2cc(Cl)ccc2o1. The summed E-state index contributed by atoms with van der Waals surface area (Å²) < 4.78 is 5.56. The lowest BCUT2D eigenvalue weighted by molar-refractivity contribution is 0.0998. The zero-order chi connectivity index (χ0) is 16.5. The third-order valence-electron chi connectivity index (χ3n) is 3.52. The molecule has 0 atom stereocenters. The maximum atomic E-state index is 12.3. The summed E-state index contributed by atoms with van der Waals surface area (Å²) in [5.74, 6) is -0.0550. The lowest BCUT2D eigenvalue weighted by Crippen LogP contribution is -2.10. The summed E-state index contributed by atoms with van der Waals surface area (Å²) in [7, 11) is 0. The van der Waals surface area contributed by atoms with Crippen LogP contribution in [0.3, 0.4) is 0 Å². The minimum absolute atomic E-state index is 0.247. The average Bonchev–Trinajstić information content (AvgIpc) is 3.24. The molecule has 118 valence electrons. The second-order valence-corrected chi connectivity index (χ2v) is 6.49. The van der Waals surface area contributed by atoms with Gasteiger partial charge in [0.05, 0.1) is 0 Å². The number of nitrogens with one attached hydrogen (secondary N) is 1. The number of anilines is 1. The lowest BCUT2D eigenvalue weighted by Gasteiger charge is -2.04. The number of furan rings is 1. The van der Waals surface area contributed by atoms with Crippen LogP contribution in [-0.2, 0) is 0 Å². The minimum atomic E-state index is -0.302. The van der Waals surface area contributed by atoms with Gasteiger partial charge in [-0.3, -0.25) is 4.79 Å². The first-order valence-corrected chi connectivity index (χ1v) is 8.45. The number of hydrogen-bond donors (Lipinski definition) is 1. The molecule has 24 heavy (non-hydrogen) atoms. The molecule has 0 saturated heterocycles. The molecule has 4 aromatic rings. The summed E-state index contributed by atoms with van der Waals surface area (Å²) in [6.45, 7) is 0. The highest BCUT2D eigenvalue weighted by molar-refractivity contribution is 7.13. The van der Waals surface area contributed by atoms with Crippen molar-refractivity contribution in [1.82, 2.24) is 4.98 Å². The molecule has 0 saturated carbocycles. The van der Waals surface area contributed by atoms with Gasteiger partial charge in [-0.2, -0.15) is 0 Å². The minimum Gasteiger partial charge on any atom is -0.451 e. The molecule has 0 radical (unpaired) electrons. The number of carbonyl (C=O) groups is 1. The van der Waals surface area contributed by atoms with Gasteiger partial charge in [-0.05, 0) is 48.5 Å². The van der Waals surface area contributed by atoms with Crippen LogP contribution in [0.5, 0.6) is 0 Å². The monoisotopic (exact) mass is 354 g/mol. The van der Waals surface area contributed by atoms with Crippen molar-refractivity contribution in [1.29, 1.82) is 0 Å².